The van der Waals surface area contributed by atoms with E-state index in [0.29, 0.717) is 31.1 Å². The van der Waals surface area contributed by atoms with Gasteiger partial charge in [-0.3, -0.25) is 4.79 Å². The van der Waals surface area contributed by atoms with Gasteiger partial charge >= 0.3 is 0 Å². The van der Waals surface area contributed by atoms with Gasteiger partial charge in [0.1, 0.15) is 5.82 Å². The van der Waals surface area contributed by atoms with Crippen molar-refractivity contribution in [2.24, 2.45) is 5.92 Å². The van der Waals surface area contributed by atoms with Crippen molar-refractivity contribution in [1.82, 2.24) is 25.4 Å². The molecule has 1 fully saturated rings. The number of hydrogen-bond acceptors (Lipinski definition) is 6. The number of carbonyl (C=O) groups excluding carboxylic acids is 1. The molecule has 1 aromatic carbocycles. The Morgan fingerprint density at radius 1 is 1.36 bits per heavy atom. The summed E-state index contributed by atoms with van der Waals surface area (Å²) in [6.07, 6.45) is -0.482. The van der Waals surface area contributed by atoms with Crippen molar-refractivity contribution in [3.8, 4) is 16.4 Å². The van der Waals surface area contributed by atoms with Crippen LogP contribution >= 0.6 is 23.7 Å². The smallest absolute Gasteiger partial charge is 0.291 e. The topological polar surface area (TPSA) is 92.1 Å². The molecule has 4 rings (SSSR count). The van der Waals surface area contributed by atoms with Gasteiger partial charge in [0.25, 0.3) is 5.91 Å². The van der Waals surface area contributed by atoms with E-state index in [2.05, 4.69) is 20.7 Å². The molecule has 0 spiro atoms. The van der Waals surface area contributed by atoms with E-state index in [-0.39, 0.29) is 24.1 Å². The standard InChI is InChI=1S/C18H18FN5O2S.ClH/c19-12-3-1-4-13(7-12)24-17(15-5-2-6-27-15)22-16(23-24)18(26)21-9-11-8-20-10-14(11)25;/h1-7,11,14,20,25H,8-10H2,(H,21,26);1H. The van der Waals surface area contributed by atoms with Crippen LogP contribution in [-0.2, 0) is 0 Å². The van der Waals surface area contributed by atoms with E-state index < -0.39 is 17.8 Å². The maximum atomic E-state index is 13.7. The highest BCUT2D eigenvalue weighted by molar-refractivity contribution is 7.13. The number of nitrogens with one attached hydrogen (secondary N) is 2. The highest BCUT2D eigenvalue weighted by atomic mass is 35.5. The van der Waals surface area contributed by atoms with Crippen LogP contribution in [0.15, 0.2) is 41.8 Å². The number of halogens is 2. The van der Waals surface area contributed by atoms with Gasteiger partial charge in [0.2, 0.25) is 5.82 Å². The van der Waals surface area contributed by atoms with Crippen LogP contribution in [0.4, 0.5) is 4.39 Å². The van der Waals surface area contributed by atoms with Gasteiger partial charge in [0.05, 0.1) is 16.7 Å². The van der Waals surface area contributed by atoms with Gasteiger partial charge in [0, 0.05) is 25.6 Å². The molecule has 28 heavy (non-hydrogen) atoms. The van der Waals surface area contributed by atoms with E-state index in [1.165, 1.54) is 28.2 Å². The van der Waals surface area contributed by atoms with Gasteiger partial charge in [-0.2, -0.15) is 0 Å². The number of thiophene rings is 1. The number of benzene rings is 1. The van der Waals surface area contributed by atoms with Crippen molar-refractivity contribution in [2.75, 3.05) is 19.6 Å². The Balaban J connectivity index is 0.00000225. The first kappa shape index (κ1) is 20.4. The van der Waals surface area contributed by atoms with Gasteiger partial charge in [-0.15, -0.1) is 28.8 Å². The van der Waals surface area contributed by atoms with Crippen LogP contribution in [-0.4, -0.2) is 51.5 Å². The van der Waals surface area contributed by atoms with E-state index in [9.17, 15) is 14.3 Å². The molecule has 1 aliphatic heterocycles. The third kappa shape index (κ3) is 4.22. The fourth-order valence-corrected chi connectivity index (χ4v) is 3.69. The molecule has 7 nitrogen and oxygen atoms in total. The largest absolute Gasteiger partial charge is 0.391 e. The minimum absolute atomic E-state index is 0. The average Bonchev–Trinajstić information content (AvgIpc) is 3.40. The zero-order chi connectivity index (χ0) is 18.8. The summed E-state index contributed by atoms with van der Waals surface area (Å²) in [6, 6.07) is 9.72. The van der Waals surface area contributed by atoms with E-state index in [1.807, 2.05) is 17.5 Å². The fourth-order valence-electron chi connectivity index (χ4n) is 2.99. The number of β-amino-alcohol motifs (C(OH)–C–C–N with tert-alkyl or cyclic N) is 1. The molecule has 0 saturated carbocycles. The zero-order valence-electron chi connectivity index (χ0n) is 14.7. The van der Waals surface area contributed by atoms with Crippen molar-refractivity contribution in [2.45, 2.75) is 6.10 Å². The van der Waals surface area contributed by atoms with Crippen molar-refractivity contribution in [3.05, 3.63) is 53.4 Å². The minimum atomic E-state index is -0.482. The Morgan fingerprint density at radius 3 is 2.89 bits per heavy atom. The lowest BCUT2D eigenvalue weighted by Crippen LogP contribution is -2.34. The number of nitrogens with zero attached hydrogens (tertiary/aromatic N) is 3. The summed E-state index contributed by atoms with van der Waals surface area (Å²) >= 11 is 1.46. The van der Waals surface area contributed by atoms with Crippen molar-refractivity contribution < 1.29 is 14.3 Å². The normalized spacial score (nSPS) is 18.6. The number of aromatic nitrogens is 3. The Bertz CT molecular complexity index is 949. The summed E-state index contributed by atoms with van der Waals surface area (Å²) < 4.78 is 15.1. The molecular formula is C18H19ClFN5O2S. The van der Waals surface area contributed by atoms with Gasteiger partial charge in [0.15, 0.2) is 5.82 Å². The monoisotopic (exact) mass is 423 g/mol. The van der Waals surface area contributed by atoms with Crippen LogP contribution in [0.2, 0.25) is 0 Å². The molecule has 1 amide bonds. The molecule has 0 aliphatic carbocycles. The fraction of sp³-hybridized carbons (Fsp3) is 0.278. The Hall–Kier alpha value is -2.33. The highest BCUT2D eigenvalue weighted by Gasteiger charge is 2.26. The van der Waals surface area contributed by atoms with Crippen LogP contribution in [0.25, 0.3) is 16.4 Å². The second-order valence-electron chi connectivity index (χ2n) is 6.32. The van der Waals surface area contributed by atoms with Crippen molar-refractivity contribution in [1.29, 1.82) is 0 Å². The maximum Gasteiger partial charge on any atom is 0.291 e. The SMILES string of the molecule is Cl.O=C(NCC1CNCC1O)c1nc(-c2cccs2)n(-c2cccc(F)c2)n1. The predicted octanol–water partition coefficient (Wildman–Crippen LogP) is 1.87. The van der Waals surface area contributed by atoms with Crippen molar-refractivity contribution >= 4 is 29.7 Å². The third-order valence-corrected chi connectivity index (χ3v) is 5.30. The van der Waals surface area contributed by atoms with E-state index in [0.717, 1.165) is 4.88 Å². The minimum Gasteiger partial charge on any atom is -0.391 e. The Labute approximate surface area is 171 Å². The lowest BCUT2D eigenvalue weighted by Gasteiger charge is -2.12. The summed E-state index contributed by atoms with van der Waals surface area (Å²) in [6.45, 7) is 1.50. The van der Waals surface area contributed by atoms with Gasteiger partial charge < -0.3 is 15.7 Å². The molecule has 148 valence electrons. The lowest BCUT2D eigenvalue weighted by molar-refractivity contribution is 0.0917. The van der Waals surface area contributed by atoms with E-state index in [1.54, 1.807) is 12.1 Å². The second-order valence-corrected chi connectivity index (χ2v) is 7.27. The highest BCUT2D eigenvalue weighted by Crippen LogP contribution is 2.25. The zero-order valence-corrected chi connectivity index (χ0v) is 16.3. The Kier molecular flexibility index (Phi) is 6.40. The van der Waals surface area contributed by atoms with Crippen molar-refractivity contribution in [3.63, 3.8) is 0 Å². The maximum absolute atomic E-state index is 13.7. The first-order valence-corrected chi connectivity index (χ1v) is 9.43. The molecule has 3 aromatic rings. The van der Waals surface area contributed by atoms with Gasteiger partial charge in [-0.25, -0.2) is 14.1 Å². The van der Waals surface area contributed by atoms with Crippen LogP contribution in [0, 0.1) is 11.7 Å². The number of hydrogen-bond donors (Lipinski definition) is 3. The summed E-state index contributed by atoms with van der Waals surface area (Å²) in [5, 5.41) is 21.9. The first-order valence-electron chi connectivity index (χ1n) is 8.55. The van der Waals surface area contributed by atoms with Gasteiger partial charge in [-0.1, -0.05) is 12.1 Å². The summed E-state index contributed by atoms with van der Waals surface area (Å²) in [7, 11) is 0. The summed E-state index contributed by atoms with van der Waals surface area (Å²) in [4.78, 5) is 17.7. The quantitative estimate of drug-likeness (QED) is 0.582. The molecular weight excluding hydrogens is 405 g/mol. The first-order chi connectivity index (χ1) is 13.1. The molecule has 3 heterocycles. The van der Waals surface area contributed by atoms with Crippen LogP contribution < -0.4 is 10.6 Å². The second kappa shape index (κ2) is 8.78. The molecule has 0 bridgehead atoms. The molecule has 2 aromatic heterocycles. The molecule has 1 aliphatic rings. The molecule has 0 radical (unpaired) electrons. The van der Waals surface area contributed by atoms with Crippen LogP contribution in [0.1, 0.15) is 10.6 Å². The number of aliphatic hydroxyl groups excluding tert-OH is 1. The van der Waals surface area contributed by atoms with Gasteiger partial charge in [-0.05, 0) is 29.6 Å². The summed E-state index contributed by atoms with van der Waals surface area (Å²) in [5.41, 5.74) is 0.486. The van der Waals surface area contributed by atoms with E-state index in [4.69, 9.17) is 0 Å². The number of amides is 1. The number of carbonyl (C=O) groups is 1. The molecule has 2 atom stereocenters. The van der Waals surface area contributed by atoms with Crippen LogP contribution in [0.3, 0.4) is 0 Å². The summed E-state index contributed by atoms with van der Waals surface area (Å²) in [5.74, 6) is -0.390. The average molecular weight is 424 g/mol. The Morgan fingerprint density at radius 2 is 2.21 bits per heavy atom. The molecule has 2 unspecified atom stereocenters. The lowest BCUT2D eigenvalue weighted by atomic mass is 10.1. The molecule has 3 N–H and O–H groups in total. The number of rotatable bonds is 5. The molecule has 1 saturated heterocycles. The molecule has 10 heteroatoms. The van der Waals surface area contributed by atoms with E-state index >= 15 is 0 Å². The third-order valence-electron chi connectivity index (χ3n) is 4.43. The predicted molar refractivity (Wildman–Crippen MR) is 107 cm³/mol. The van der Waals surface area contributed by atoms with Crippen LogP contribution in [0.5, 0.6) is 0 Å². The number of aliphatic hydroxyl groups is 1.